The van der Waals surface area contributed by atoms with E-state index in [1.807, 2.05) is 18.2 Å². The number of anilines is 1. The summed E-state index contributed by atoms with van der Waals surface area (Å²) in [7, 11) is 0. The molecule has 0 spiro atoms. The summed E-state index contributed by atoms with van der Waals surface area (Å²) < 4.78 is 11.7. The molecule has 0 saturated carbocycles. The van der Waals surface area contributed by atoms with Crippen molar-refractivity contribution in [1.82, 2.24) is 0 Å². The van der Waals surface area contributed by atoms with E-state index in [-0.39, 0.29) is 0 Å². The zero-order valence-corrected chi connectivity index (χ0v) is 18.0. The lowest BCUT2D eigenvalue weighted by molar-refractivity contribution is 0.305. The van der Waals surface area contributed by atoms with Crippen molar-refractivity contribution in [3.8, 4) is 11.5 Å². The Labute approximate surface area is 181 Å². The fourth-order valence-corrected chi connectivity index (χ4v) is 3.25. The molecule has 3 heteroatoms. The van der Waals surface area contributed by atoms with Crippen LogP contribution in [0.3, 0.4) is 0 Å². The van der Waals surface area contributed by atoms with Crippen LogP contribution in [-0.4, -0.2) is 13.2 Å². The Morgan fingerprint density at radius 1 is 0.667 bits per heavy atom. The van der Waals surface area contributed by atoms with Gasteiger partial charge >= 0.3 is 0 Å². The number of nitrogens with one attached hydrogen (secondary N) is 1. The Kier molecular flexibility index (Phi) is 9.13. The summed E-state index contributed by atoms with van der Waals surface area (Å²) in [5.74, 6) is 1.84. The van der Waals surface area contributed by atoms with Crippen LogP contribution >= 0.6 is 0 Å². The number of rotatable bonds is 13. The summed E-state index contributed by atoms with van der Waals surface area (Å²) >= 11 is 0. The van der Waals surface area contributed by atoms with Crippen LogP contribution in [0.5, 0.6) is 11.5 Å². The van der Waals surface area contributed by atoms with E-state index in [0.29, 0.717) is 6.61 Å². The molecule has 1 N–H and O–H groups in total. The molecule has 3 nitrogen and oxygen atoms in total. The monoisotopic (exact) mass is 403 g/mol. The molecule has 0 radical (unpaired) electrons. The quantitative estimate of drug-likeness (QED) is 0.316. The molecule has 30 heavy (non-hydrogen) atoms. The van der Waals surface area contributed by atoms with E-state index >= 15 is 0 Å². The number of ether oxygens (including phenoxy) is 2. The first-order valence-corrected chi connectivity index (χ1v) is 11.1. The molecule has 0 atom stereocenters. The molecule has 3 aromatic rings. The molecule has 0 aliphatic heterocycles. The van der Waals surface area contributed by atoms with Crippen molar-refractivity contribution in [3.63, 3.8) is 0 Å². The molecule has 0 fully saturated rings. The van der Waals surface area contributed by atoms with Gasteiger partial charge in [0.25, 0.3) is 0 Å². The molecule has 158 valence electrons. The molecule has 3 rings (SSSR count). The second-order valence-corrected chi connectivity index (χ2v) is 7.52. The second-order valence-electron chi connectivity index (χ2n) is 7.52. The van der Waals surface area contributed by atoms with E-state index < -0.39 is 0 Å². The van der Waals surface area contributed by atoms with Crippen LogP contribution < -0.4 is 14.8 Å². The van der Waals surface area contributed by atoms with Gasteiger partial charge in [-0.05, 0) is 41.8 Å². The summed E-state index contributed by atoms with van der Waals surface area (Å²) in [4.78, 5) is 0. The highest BCUT2D eigenvalue weighted by Crippen LogP contribution is 2.19. The molecule has 0 aliphatic rings. The van der Waals surface area contributed by atoms with E-state index in [2.05, 4.69) is 72.9 Å². The highest BCUT2D eigenvalue weighted by molar-refractivity contribution is 5.48. The third kappa shape index (κ3) is 7.82. The van der Waals surface area contributed by atoms with Crippen LogP contribution in [0.1, 0.15) is 43.7 Å². The van der Waals surface area contributed by atoms with Gasteiger partial charge in [0, 0.05) is 24.7 Å². The third-order valence-electron chi connectivity index (χ3n) is 5.02. The minimum Gasteiger partial charge on any atom is -0.494 e. The van der Waals surface area contributed by atoms with E-state index in [4.69, 9.17) is 9.47 Å². The predicted molar refractivity (Wildman–Crippen MR) is 125 cm³/mol. The van der Waals surface area contributed by atoms with Crippen molar-refractivity contribution >= 4 is 5.69 Å². The number of hydrogen-bond donors (Lipinski definition) is 1. The number of unbranched alkanes of at least 4 members (excludes halogenated alkanes) is 3. The van der Waals surface area contributed by atoms with Gasteiger partial charge < -0.3 is 14.8 Å². The Bertz CT molecular complexity index is 846. The van der Waals surface area contributed by atoms with Crippen LogP contribution in [0.25, 0.3) is 0 Å². The van der Waals surface area contributed by atoms with Crippen molar-refractivity contribution in [2.45, 2.75) is 45.6 Å². The highest BCUT2D eigenvalue weighted by atomic mass is 16.5. The Hall–Kier alpha value is -2.94. The topological polar surface area (TPSA) is 30.5 Å². The van der Waals surface area contributed by atoms with Crippen LogP contribution in [0.15, 0.2) is 78.9 Å². The van der Waals surface area contributed by atoms with Crippen LogP contribution in [0.4, 0.5) is 5.69 Å². The lowest BCUT2D eigenvalue weighted by Crippen LogP contribution is -2.03. The Morgan fingerprint density at radius 2 is 1.47 bits per heavy atom. The lowest BCUT2D eigenvalue weighted by Gasteiger charge is -2.11. The van der Waals surface area contributed by atoms with Gasteiger partial charge in [0.05, 0.1) is 13.2 Å². The minimum atomic E-state index is 0.674. The maximum Gasteiger partial charge on any atom is 0.121 e. The van der Waals surface area contributed by atoms with Gasteiger partial charge in [0.2, 0.25) is 0 Å². The molecular formula is C27H33NO2. The smallest absolute Gasteiger partial charge is 0.121 e. The molecule has 0 aromatic heterocycles. The summed E-state index contributed by atoms with van der Waals surface area (Å²) in [6.45, 7) is 4.47. The van der Waals surface area contributed by atoms with E-state index in [1.54, 1.807) is 0 Å². The van der Waals surface area contributed by atoms with Crippen LogP contribution in [-0.2, 0) is 13.0 Å². The lowest BCUT2D eigenvalue weighted by atomic mass is 10.2. The zero-order valence-electron chi connectivity index (χ0n) is 18.0. The summed E-state index contributed by atoms with van der Waals surface area (Å²) in [5, 5.41) is 3.47. The zero-order chi connectivity index (χ0) is 20.9. The van der Waals surface area contributed by atoms with Gasteiger partial charge in [-0.25, -0.2) is 0 Å². The van der Waals surface area contributed by atoms with E-state index in [9.17, 15) is 0 Å². The van der Waals surface area contributed by atoms with Gasteiger partial charge in [0.1, 0.15) is 11.5 Å². The van der Waals surface area contributed by atoms with Gasteiger partial charge in [0.15, 0.2) is 0 Å². The highest BCUT2D eigenvalue weighted by Gasteiger charge is 2.00. The molecule has 0 bridgehead atoms. The first kappa shape index (κ1) is 21.8. The summed E-state index contributed by atoms with van der Waals surface area (Å²) in [5.41, 5.74) is 3.58. The maximum absolute atomic E-state index is 5.92. The average Bonchev–Trinajstić information content (AvgIpc) is 2.79. The number of benzene rings is 3. The molecule has 0 saturated heterocycles. The summed E-state index contributed by atoms with van der Waals surface area (Å²) in [6.07, 6.45) is 5.82. The Balaban J connectivity index is 1.40. The van der Waals surface area contributed by atoms with Gasteiger partial charge in [-0.3, -0.25) is 0 Å². The van der Waals surface area contributed by atoms with E-state index in [0.717, 1.165) is 43.2 Å². The van der Waals surface area contributed by atoms with Crippen molar-refractivity contribution < 1.29 is 9.47 Å². The maximum atomic E-state index is 5.92. The van der Waals surface area contributed by atoms with Crippen LogP contribution in [0, 0.1) is 0 Å². The SMILES string of the molecule is CCCCCCOc1ccc(CNc2cccc(OCCc3ccccc3)c2)cc1. The van der Waals surface area contributed by atoms with Gasteiger partial charge in [-0.15, -0.1) is 0 Å². The van der Waals surface area contributed by atoms with E-state index in [1.165, 1.54) is 30.4 Å². The first-order valence-electron chi connectivity index (χ1n) is 11.1. The standard InChI is InChI=1S/C27H33NO2/c1-2-3-4-8-19-29-26-16-14-24(15-17-26)22-28-25-12-9-13-27(21-25)30-20-18-23-10-6-5-7-11-23/h5-7,9-17,21,28H,2-4,8,18-20,22H2,1H3. The minimum absolute atomic E-state index is 0.674. The molecular weight excluding hydrogens is 370 g/mol. The fourth-order valence-electron chi connectivity index (χ4n) is 3.25. The number of hydrogen-bond acceptors (Lipinski definition) is 3. The first-order chi connectivity index (χ1) is 14.8. The normalized spacial score (nSPS) is 10.6. The average molecular weight is 404 g/mol. The fraction of sp³-hybridized carbons (Fsp3) is 0.333. The predicted octanol–water partition coefficient (Wildman–Crippen LogP) is 6.88. The van der Waals surface area contributed by atoms with Gasteiger partial charge in [-0.2, -0.15) is 0 Å². The second kappa shape index (κ2) is 12.6. The third-order valence-corrected chi connectivity index (χ3v) is 5.02. The molecule has 0 aliphatic carbocycles. The van der Waals surface area contributed by atoms with Crippen molar-refractivity contribution in [2.24, 2.45) is 0 Å². The Morgan fingerprint density at radius 3 is 2.27 bits per heavy atom. The largest absolute Gasteiger partial charge is 0.494 e. The molecule has 0 heterocycles. The van der Waals surface area contributed by atoms with Crippen LogP contribution in [0.2, 0.25) is 0 Å². The van der Waals surface area contributed by atoms with Crippen molar-refractivity contribution in [1.29, 1.82) is 0 Å². The summed E-state index contributed by atoms with van der Waals surface area (Å²) in [6, 6.07) is 26.9. The van der Waals surface area contributed by atoms with Crippen molar-refractivity contribution in [2.75, 3.05) is 18.5 Å². The molecule has 0 amide bonds. The van der Waals surface area contributed by atoms with Crippen molar-refractivity contribution in [3.05, 3.63) is 90.0 Å². The molecule has 0 unspecified atom stereocenters. The molecule has 3 aromatic carbocycles. The van der Waals surface area contributed by atoms with Gasteiger partial charge in [-0.1, -0.05) is 74.7 Å².